The van der Waals surface area contributed by atoms with E-state index in [9.17, 15) is 4.79 Å². The van der Waals surface area contributed by atoms with E-state index in [1.54, 1.807) is 6.07 Å². The minimum atomic E-state index is -0.497. The standard InChI is InChI=1S/C16H22Cl2N2O/c1-10-5-7-16(9-19,8-6-10)15(21)20-14-12(17)4-3-11(2)13(14)18/h3-4,10H,5-9,19H2,1-2H3,(H,20,21). The first-order chi connectivity index (χ1) is 9.89. The van der Waals surface area contributed by atoms with Crippen molar-refractivity contribution in [3.63, 3.8) is 0 Å². The first kappa shape index (κ1) is 16.6. The average Bonchev–Trinajstić information content (AvgIpc) is 2.48. The topological polar surface area (TPSA) is 55.1 Å². The summed E-state index contributed by atoms with van der Waals surface area (Å²) in [6.45, 7) is 4.45. The van der Waals surface area contributed by atoms with Crippen LogP contribution in [-0.2, 0) is 4.79 Å². The predicted molar refractivity (Wildman–Crippen MR) is 88.9 cm³/mol. The van der Waals surface area contributed by atoms with Gasteiger partial charge < -0.3 is 11.1 Å². The van der Waals surface area contributed by atoms with Crippen molar-refractivity contribution in [2.75, 3.05) is 11.9 Å². The van der Waals surface area contributed by atoms with Gasteiger partial charge in [-0.05, 0) is 50.2 Å². The molecular formula is C16H22Cl2N2O. The third-order valence-corrected chi connectivity index (χ3v) is 5.43. The number of carbonyl (C=O) groups excluding carboxylic acids is 1. The molecule has 0 unspecified atom stereocenters. The maximum atomic E-state index is 12.7. The Kier molecular flexibility index (Phi) is 5.18. The molecule has 1 amide bonds. The highest BCUT2D eigenvalue weighted by Crippen LogP contribution is 2.40. The van der Waals surface area contributed by atoms with Gasteiger partial charge in [0.2, 0.25) is 5.91 Å². The summed E-state index contributed by atoms with van der Waals surface area (Å²) in [6.07, 6.45) is 3.69. The molecule has 0 atom stereocenters. The van der Waals surface area contributed by atoms with Gasteiger partial charge in [0.25, 0.3) is 0 Å². The minimum Gasteiger partial charge on any atom is -0.329 e. The van der Waals surface area contributed by atoms with E-state index in [2.05, 4.69) is 12.2 Å². The van der Waals surface area contributed by atoms with Crippen LogP contribution in [0.5, 0.6) is 0 Å². The molecule has 0 saturated heterocycles. The number of hydrogen-bond donors (Lipinski definition) is 2. The molecular weight excluding hydrogens is 307 g/mol. The lowest BCUT2D eigenvalue weighted by molar-refractivity contribution is -0.127. The van der Waals surface area contributed by atoms with Crippen LogP contribution in [0.2, 0.25) is 10.0 Å². The Morgan fingerprint density at radius 2 is 2.00 bits per heavy atom. The number of nitrogens with one attached hydrogen (secondary N) is 1. The van der Waals surface area contributed by atoms with Gasteiger partial charge in [-0.25, -0.2) is 0 Å². The number of anilines is 1. The van der Waals surface area contributed by atoms with Gasteiger partial charge in [-0.3, -0.25) is 4.79 Å². The lowest BCUT2D eigenvalue weighted by atomic mass is 9.70. The quantitative estimate of drug-likeness (QED) is 0.864. The smallest absolute Gasteiger partial charge is 0.231 e. The van der Waals surface area contributed by atoms with Crippen LogP contribution < -0.4 is 11.1 Å². The van der Waals surface area contributed by atoms with E-state index >= 15 is 0 Å². The second kappa shape index (κ2) is 6.55. The molecule has 1 aliphatic carbocycles. The van der Waals surface area contributed by atoms with E-state index < -0.39 is 5.41 Å². The number of nitrogens with two attached hydrogens (primary N) is 1. The van der Waals surface area contributed by atoms with Crippen molar-refractivity contribution in [3.05, 3.63) is 27.7 Å². The zero-order chi connectivity index (χ0) is 15.6. The Morgan fingerprint density at radius 1 is 1.38 bits per heavy atom. The van der Waals surface area contributed by atoms with E-state index in [1.807, 2.05) is 13.0 Å². The molecule has 1 fully saturated rings. The molecule has 1 saturated carbocycles. The summed E-state index contributed by atoms with van der Waals surface area (Å²) in [6, 6.07) is 3.58. The van der Waals surface area contributed by atoms with Gasteiger partial charge in [-0.15, -0.1) is 0 Å². The monoisotopic (exact) mass is 328 g/mol. The largest absolute Gasteiger partial charge is 0.329 e. The van der Waals surface area contributed by atoms with Gasteiger partial charge in [0.1, 0.15) is 0 Å². The van der Waals surface area contributed by atoms with Crippen molar-refractivity contribution in [2.45, 2.75) is 39.5 Å². The molecule has 0 aliphatic heterocycles. The van der Waals surface area contributed by atoms with Gasteiger partial charge in [-0.1, -0.05) is 36.2 Å². The minimum absolute atomic E-state index is 0.0636. The van der Waals surface area contributed by atoms with Crippen molar-refractivity contribution in [3.8, 4) is 0 Å². The first-order valence-electron chi connectivity index (χ1n) is 7.36. The molecule has 3 N–H and O–H groups in total. The zero-order valence-corrected chi connectivity index (χ0v) is 14.0. The van der Waals surface area contributed by atoms with Crippen molar-refractivity contribution >= 4 is 34.8 Å². The third kappa shape index (κ3) is 3.36. The predicted octanol–water partition coefficient (Wildman–Crippen LogP) is 4.40. The number of benzene rings is 1. The second-order valence-electron chi connectivity index (χ2n) is 6.17. The molecule has 0 radical (unpaired) electrons. The number of halogens is 2. The third-order valence-electron chi connectivity index (χ3n) is 4.63. The molecule has 116 valence electrons. The molecule has 3 nitrogen and oxygen atoms in total. The van der Waals surface area contributed by atoms with E-state index in [1.165, 1.54) is 0 Å². The molecule has 0 aromatic heterocycles. The molecule has 1 aromatic rings. The Hall–Kier alpha value is -0.770. The number of rotatable bonds is 3. The average molecular weight is 329 g/mol. The number of aryl methyl sites for hydroxylation is 1. The lowest BCUT2D eigenvalue weighted by Crippen LogP contribution is -2.44. The Labute approximate surface area is 136 Å². The normalized spacial score (nSPS) is 25.7. The van der Waals surface area contributed by atoms with E-state index in [-0.39, 0.29) is 5.91 Å². The fraction of sp³-hybridized carbons (Fsp3) is 0.562. The van der Waals surface area contributed by atoms with Gasteiger partial charge in [-0.2, -0.15) is 0 Å². The highest BCUT2D eigenvalue weighted by atomic mass is 35.5. The molecule has 0 bridgehead atoms. The maximum absolute atomic E-state index is 12.7. The maximum Gasteiger partial charge on any atom is 0.231 e. The van der Waals surface area contributed by atoms with Crippen LogP contribution in [0.1, 0.15) is 38.2 Å². The van der Waals surface area contributed by atoms with E-state index in [4.69, 9.17) is 28.9 Å². The highest BCUT2D eigenvalue weighted by molar-refractivity contribution is 6.40. The summed E-state index contributed by atoms with van der Waals surface area (Å²) in [5, 5.41) is 3.86. The molecule has 0 spiro atoms. The van der Waals surface area contributed by atoms with Crippen molar-refractivity contribution < 1.29 is 4.79 Å². The summed E-state index contributed by atoms with van der Waals surface area (Å²) >= 11 is 12.4. The van der Waals surface area contributed by atoms with Gasteiger partial charge in [0, 0.05) is 6.54 Å². The van der Waals surface area contributed by atoms with Crippen LogP contribution in [0.25, 0.3) is 0 Å². The summed E-state index contributed by atoms with van der Waals surface area (Å²) in [4.78, 5) is 12.7. The first-order valence-corrected chi connectivity index (χ1v) is 8.11. The van der Waals surface area contributed by atoms with Crippen LogP contribution in [0.4, 0.5) is 5.69 Å². The Bertz CT molecular complexity index is 537. The van der Waals surface area contributed by atoms with E-state index in [0.29, 0.717) is 28.2 Å². The summed E-state index contributed by atoms with van der Waals surface area (Å²) in [7, 11) is 0. The molecule has 1 aromatic carbocycles. The van der Waals surface area contributed by atoms with Gasteiger partial charge >= 0.3 is 0 Å². The van der Waals surface area contributed by atoms with Gasteiger partial charge in [0.05, 0.1) is 21.1 Å². The molecule has 5 heteroatoms. The number of amides is 1. The SMILES string of the molecule is Cc1ccc(Cl)c(NC(=O)C2(CN)CCC(C)CC2)c1Cl. The Morgan fingerprint density at radius 3 is 2.57 bits per heavy atom. The van der Waals surface area contributed by atoms with Crippen LogP contribution in [0, 0.1) is 18.3 Å². The van der Waals surface area contributed by atoms with Crippen LogP contribution in [-0.4, -0.2) is 12.5 Å². The van der Waals surface area contributed by atoms with Gasteiger partial charge in [0.15, 0.2) is 0 Å². The summed E-state index contributed by atoms with van der Waals surface area (Å²) in [5.41, 5.74) is 6.80. The second-order valence-corrected chi connectivity index (χ2v) is 6.96. The zero-order valence-electron chi connectivity index (χ0n) is 12.5. The molecule has 21 heavy (non-hydrogen) atoms. The van der Waals surface area contributed by atoms with Crippen molar-refractivity contribution in [2.24, 2.45) is 17.1 Å². The van der Waals surface area contributed by atoms with Crippen LogP contribution in [0.15, 0.2) is 12.1 Å². The molecule has 1 aliphatic rings. The highest BCUT2D eigenvalue weighted by Gasteiger charge is 2.40. The summed E-state index contributed by atoms with van der Waals surface area (Å²) in [5.74, 6) is 0.593. The summed E-state index contributed by atoms with van der Waals surface area (Å²) < 4.78 is 0. The van der Waals surface area contributed by atoms with Crippen LogP contribution in [0.3, 0.4) is 0 Å². The van der Waals surface area contributed by atoms with Crippen molar-refractivity contribution in [1.82, 2.24) is 0 Å². The molecule has 2 rings (SSSR count). The van der Waals surface area contributed by atoms with E-state index in [0.717, 1.165) is 31.2 Å². The fourth-order valence-electron chi connectivity index (χ4n) is 2.86. The fourth-order valence-corrected chi connectivity index (χ4v) is 3.32. The van der Waals surface area contributed by atoms with Crippen LogP contribution >= 0.6 is 23.2 Å². The number of carbonyl (C=O) groups is 1. The Balaban J connectivity index is 2.23. The van der Waals surface area contributed by atoms with Crippen molar-refractivity contribution in [1.29, 1.82) is 0 Å². The molecule has 0 heterocycles. The number of hydrogen-bond acceptors (Lipinski definition) is 2. The lowest BCUT2D eigenvalue weighted by Gasteiger charge is -2.37.